The average molecular weight is 402 g/mol. The molecule has 29 heavy (non-hydrogen) atoms. The number of hydrogen-bond acceptors (Lipinski definition) is 5. The van der Waals surface area contributed by atoms with Crippen LogP contribution in [0.4, 0.5) is 4.79 Å². The topological polar surface area (TPSA) is 112 Å². The lowest BCUT2D eigenvalue weighted by molar-refractivity contribution is -0.140. The van der Waals surface area contributed by atoms with Crippen LogP contribution in [-0.2, 0) is 14.3 Å². The van der Waals surface area contributed by atoms with Gasteiger partial charge in [0, 0.05) is 5.54 Å². The minimum absolute atomic E-state index is 0.314. The third-order valence-corrected chi connectivity index (χ3v) is 3.52. The molecule has 0 spiro atoms. The fourth-order valence-electron chi connectivity index (χ4n) is 2.51. The molecule has 8 nitrogen and oxygen atoms in total. The molecule has 0 fully saturated rings. The Morgan fingerprint density at radius 2 is 1.69 bits per heavy atom. The molecule has 1 aromatic rings. The average Bonchev–Trinajstić information content (AvgIpc) is 2.57. The molecular weight excluding hydrogens is 372 g/mol. The Kier molecular flexibility index (Phi) is 8.19. The molecule has 0 aliphatic carbocycles. The van der Waals surface area contributed by atoms with Crippen molar-refractivity contribution in [3.8, 4) is 6.07 Å². The third kappa shape index (κ3) is 8.64. The number of amides is 3. The van der Waals surface area contributed by atoms with Crippen molar-refractivity contribution in [2.75, 3.05) is 13.1 Å². The van der Waals surface area contributed by atoms with Crippen molar-refractivity contribution in [3.63, 3.8) is 0 Å². The van der Waals surface area contributed by atoms with Crippen LogP contribution in [0.1, 0.15) is 53.1 Å². The highest BCUT2D eigenvalue weighted by Gasteiger charge is 2.33. The monoisotopic (exact) mass is 402 g/mol. The number of ether oxygens (including phenoxy) is 1. The van der Waals surface area contributed by atoms with E-state index in [1.807, 2.05) is 26.8 Å². The third-order valence-electron chi connectivity index (χ3n) is 3.52. The Labute approximate surface area is 172 Å². The molecule has 0 aromatic heterocycles. The van der Waals surface area contributed by atoms with Gasteiger partial charge in [-0.3, -0.25) is 9.59 Å². The molecule has 8 heteroatoms. The van der Waals surface area contributed by atoms with Gasteiger partial charge < -0.3 is 20.3 Å². The number of nitrogens with zero attached hydrogens (tertiary/aromatic N) is 2. The number of nitriles is 1. The second kappa shape index (κ2) is 9.92. The van der Waals surface area contributed by atoms with Gasteiger partial charge in [-0.25, -0.2) is 4.79 Å². The summed E-state index contributed by atoms with van der Waals surface area (Å²) in [7, 11) is 0. The quantitative estimate of drug-likeness (QED) is 0.710. The molecule has 0 saturated carbocycles. The number of nitrogens with one attached hydrogen (secondary N) is 2. The van der Waals surface area contributed by atoms with E-state index in [9.17, 15) is 19.6 Å². The first-order chi connectivity index (χ1) is 13.3. The van der Waals surface area contributed by atoms with E-state index >= 15 is 0 Å². The van der Waals surface area contributed by atoms with Crippen LogP contribution in [0, 0.1) is 11.3 Å². The van der Waals surface area contributed by atoms with Crippen molar-refractivity contribution in [2.45, 2.75) is 58.7 Å². The highest BCUT2D eigenvalue weighted by atomic mass is 16.6. The maximum Gasteiger partial charge on any atom is 0.408 e. The summed E-state index contributed by atoms with van der Waals surface area (Å²) in [6, 6.07) is 9.64. The van der Waals surface area contributed by atoms with Crippen LogP contribution in [0.25, 0.3) is 0 Å². The zero-order chi connectivity index (χ0) is 22.2. The van der Waals surface area contributed by atoms with Crippen LogP contribution in [0.15, 0.2) is 30.3 Å². The Morgan fingerprint density at radius 3 is 2.17 bits per heavy atom. The molecule has 3 amide bonds. The molecule has 1 atom stereocenters. The molecule has 2 N–H and O–H groups in total. The van der Waals surface area contributed by atoms with Gasteiger partial charge in [-0.1, -0.05) is 30.3 Å². The van der Waals surface area contributed by atoms with Crippen LogP contribution in [-0.4, -0.2) is 47.0 Å². The highest BCUT2D eigenvalue weighted by molar-refractivity contribution is 5.90. The predicted octanol–water partition coefficient (Wildman–Crippen LogP) is 2.52. The van der Waals surface area contributed by atoms with Crippen LogP contribution in [0.3, 0.4) is 0 Å². The van der Waals surface area contributed by atoms with Crippen molar-refractivity contribution in [3.05, 3.63) is 35.9 Å². The summed E-state index contributed by atoms with van der Waals surface area (Å²) in [5.41, 5.74) is -0.672. The summed E-state index contributed by atoms with van der Waals surface area (Å²) in [6.45, 7) is 9.89. The van der Waals surface area contributed by atoms with Gasteiger partial charge in [0.15, 0.2) is 0 Å². The van der Waals surface area contributed by atoms with Gasteiger partial charge >= 0.3 is 6.09 Å². The lowest BCUT2D eigenvalue weighted by Crippen LogP contribution is -2.51. The first-order valence-corrected chi connectivity index (χ1v) is 9.34. The fourth-order valence-corrected chi connectivity index (χ4v) is 2.51. The standard InChI is InChI=1S/C21H30N4O4/c1-20(2,3)24-18(27)17(15-10-8-7-9-11-15)25(13-12-22)16(26)14-23-19(28)29-21(4,5)6/h7-11,17H,13-14H2,1-6H3,(H,23,28)(H,24,27). The Bertz CT molecular complexity index is 758. The van der Waals surface area contributed by atoms with Crippen LogP contribution in [0.5, 0.6) is 0 Å². The fraction of sp³-hybridized carbons (Fsp3) is 0.524. The summed E-state index contributed by atoms with van der Waals surface area (Å²) in [6.07, 6.45) is -0.752. The second-order valence-electron chi connectivity index (χ2n) is 8.59. The van der Waals surface area contributed by atoms with Gasteiger partial charge in [0.2, 0.25) is 11.8 Å². The minimum Gasteiger partial charge on any atom is -0.444 e. The van der Waals surface area contributed by atoms with Gasteiger partial charge in [-0.2, -0.15) is 5.26 Å². The molecule has 0 heterocycles. The van der Waals surface area contributed by atoms with E-state index in [2.05, 4.69) is 10.6 Å². The van der Waals surface area contributed by atoms with Gasteiger partial charge in [-0.15, -0.1) is 0 Å². The largest absolute Gasteiger partial charge is 0.444 e. The summed E-state index contributed by atoms with van der Waals surface area (Å²) in [5.74, 6) is -0.986. The molecule has 158 valence electrons. The highest BCUT2D eigenvalue weighted by Crippen LogP contribution is 2.22. The smallest absolute Gasteiger partial charge is 0.408 e. The maximum absolute atomic E-state index is 13.0. The lowest BCUT2D eigenvalue weighted by Gasteiger charge is -2.32. The van der Waals surface area contributed by atoms with E-state index < -0.39 is 41.6 Å². The summed E-state index contributed by atoms with van der Waals surface area (Å²) in [5, 5.41) is 14.5. The van der Waals surface area contributed by atoms with Crippen molar-refractivity contribution in [2.24, 2.45) is 0 Å². The van der Waals surface area contributed by atoms with E-state index in [0.717, 1.165) is 4.90 Å². The number of hydrogen-bond donors (Lipinski definition) is 2. The number of carbonyl (C=O) groups is 3. The zero-order valence-corrected chi connectivity index (χ0v) is 17.9. The zero-order valence-electron chi connectivity index (χ0n) is 17.9. The molecule has 1 unspecified atom stereocenters. The lowest BCUT2D eigenvalue weighted by atomic mass is 10.0. The van der Waals surface area contributed by atoms with Gasteiger partial charge in [-0.05, 0) is 47.1 Å². The molecule has 1 aromatic carbocycles. The number of carbonyl (C=O) groups excluding carboxylic acids is 3. The van der Waals surface area contributed by atoms with E-state index in [-0.39, 0.29) is 6.54 Å². The molecule has 1 rings (SSSR count). The van der Waals surface area contributed by atoms with E-state index in [1.54, 1.807) is 51.1 Å². The normalized spacial score (nSPS) is 12.3. The van der Waals surface area contributed by atoms with Crippen molar-refractivity contribution in [1.29, 1.82) is 5.26 Å². The van der Waals surface area contributed by atoms with E-state index in [0.29, 0.717) is 5.56 Å². The molecule has 0 saturated heterocycles. The molecule has 0 aliphatic rings. The molecule has 0 radical (unpaired) electrons. The van der Waals surface area contributed by atoms with Gasteiger partial charge in [0.05, 0.1) is 6.07 Å². The van der Waals surface area contributed by atoms with Gasteiger partial charge in [0.25, 0.3) is 0 Å². The van der Waals surface area contributed by atoms with Crippen molar-refractivity contribution >= 4 is 17.9 Å². The summed E-state index contributed by atoms with van der Waals surface area (Å²) >= 11 is 0. The SMILES string of the molecule is CC(C)(C)NC(=O)C(c1ccccc1)N(CC#N)C(=O)CNC(=O)OC(C)(C)C. The molecule has 0 bridgehead atoms. The van der Waals surface area contributed by atoms with Crippen molar-refractivity contribution < 1.29 is 19.1 Å². The van der Waals surface area contributed by atoms with Gasteiger partial charge in [0.1, 0.15) is 24.7 Å². The van der Waals surface area contributed by atoms with Crippen LogP contribution in [0.2, 0.25) is 0 Å². The number of benzene rings is 1. The van der Waals surface area contributed by atoms with E-state index in [1.165, 1.54) is 0 Å². The molecule has 0 aliphatic heterocycles. The second-order valence-corrected chi connectivity index (χ2v) is 8.59. The molecular formula is C21H30N4O4. The minimum atomic E-state index is -1.01. The Hall–Kier alpha value is -3.08. The summed E-state index contributed by atoms with van der Waals surface area (Å²) < 4.78 is 5.12. The summed E-state index contributed by atoms with van der Waals surface area (Å²) in [4.78, 5) is 38.8. The van der Waals surface area contributed by atoms with Crippen molar-refractivity contribution in [1.82, 2.24) is 15.5 Å². The maximum atomic E-state index is 13.0. The first-order valence-electron chi connectivity index (χ1n) is 9.34. The Balaban J connectivity index is 3.09. The van der Waals surface area contributed by atoms with E-state index in [4.69, 9.17) is 4.74 Å². The van der Waals surface area contributed by atoms with Crippen LogP contribution < -0.4 is 10.6 Å². The first kappa shape index (κ1) is 24.0. The Morgan fingerprint density at radius 1 is 1.10 bits per heavy atom. The van der Waals surface area contributed by atoms with Crippen LogP contribution >= 0.6 is 0 Å². The number of rotatable bonds is 6. The number of alkyl carbamates (subject to hydrolysis) is 1. The predicted molar refractivity (Wildman–Crippen MR) is 109 cm³/mol.